The van der Waals surface area contributed by atoms with Crippen molar-refractivity contribution in [3.63, 3.8) is 0 Å². The first kappa shape index (κ1) is 13.2. The molecule has 0 spiro atoms. The summed E-state index contributed by atoms with van der Waals surface area (Å²) in [6.45, 7) is 4.05. The first-order valence-electron chi connectivity index (χ1n) is 3.95. The first-order valence-corrected chi connectivity index (χ1v) is 3.95. The summed E-state index contributed by atoms with van der Waals surface area (Å²) in [6, 6.07) is 0. The van der Waals surface area contributed by atoms with Crippen LogP contribution in [0.1, 0.15) is 46.0 Å². The second kappa shape index (κ2) is 9.54. The molecule has 0 aromatic rings. The molecule has 1 atom stereocenters. The second-order valence-electron chi connectivity index (χ2n) is 2.70. The molecular weight excluding hydrogens is 163 g/mol. The van der Waals surface area contributed by atoms with Crippen LogP contribution in [-0.4, -0.2) is 11.2 Å². The summed E-state index contributed by atoms with van der Waals surface area (Å²) in [4.78, 5) is 0. The third-order valence-electron chi connectivity index (χ3n) is 1.48. The molecule has 0 saturated carbocycles. The minimum Gasteiger partial charge on any atom is -0.393 e. The summed E-state index contributed by atoms with van der Waals surface area (Å²) in [5.41, 5.74) is 0. The van der Waals surface area contributed by atoms with E-state index in [9.17, 15) is 0 Å². The predicted octanol–water partition coefficient (Wildman–Crippen LogP) is 2.34. The van der Waals surface area contributed by atoms with Crippen molar-refractivity contribution in [2.24, 2.45) is 0 Å². The molecule has 0 aromatic carbocycles. The SMILES string of the molecule is CCCCCCC(C)O.[V]. The Morgan fingerprint density at radius 2 is 1.80 bits per heavy atom. The van der Waals surface area contributed by atoms with Crippen molar-refractivity contribution in [3.8, 4) is 0 Å². The summed E-state index contributed by atoms with van der Waals surface area (Å²) in [6.07, 6.45) is 5.93. The first-order chi connectivity index (χ1) is 4.27. The molecule has 0 heterocycles. The van der Waals surface area contributed by atoms with E-state index in [4.69, 9.17) is 5.11 Å². The molecule has 0 aliphatic rings. The van der Waals surface area contributed by atoms with E-state index in [2.05, 4.69) is 6.92 Å². The predicted molar refractivity (Wildman–Crippen MR) is 40.4 cm³/mol. The number of aliphatic hydroxyl groups excluding tert-OH is 1. The van der Waals surface area contributed by atoms with Crippen molar-refractivity contribution in [2.45, 2.75) is 52.1 Å². The molecule has 1 unspecified atom stereocenters. The van der Waals surface area contributed by atoms with Gasteiger partial charge in [0.25, 0.3) is 0 Å². The van der Waals surface area contributed by atoms with Crippen molar-refractivity contribution in [1.82, 2.24) is 0 Å². The maximum atomic E-state index is 8.85. The normalized spacial score (nSPS) is 12.3. The van der Waals surface area contributed by atoms with Gasteiger partial charge in [-0.25, -0.2) is 0 Å². The minimum atomic E-state index is -0.0955. The molecule has 2 heteroatoms. The van der Waals surface area contributed by atoms with Gasteiger partial charge in [0.2, 0.25) is 0 Å². The van der Waals surface area contributed by atoms with E-state index in [0.29, 0.717) is 0 Å². The van der Waals surface area contributed by atoms with Crippen molar-refractivity contribution in [1.29, 1.82) is 0 Å². The Morgan fingerprint density at radius 3 is 2.20 bits per heavy atom. The van der Waals surface area contributed by atoms with E-state index < -0.39 is 0 Å². The zero-order valence-electron chi connectivity index (χ0n) is 7.01. The Kier molecular flexibility index (Phi) is 12.6. The van der Waals surface area contributed by atoms with Gasteiger partial charge in [-0.05, 0) is 13.3 Å². The standard InChI is InChI=1S/C8H18O.V/c1-3-4-5-6-7-8(2)9;/h8-9H,3-7H2,1-2H3;. The zero-order valence-corrected chi connectivity index (χ0v) is 8.40. The van der Waals surface area contributed by atoms with Crippen molar-refractivity contribution in [3.05, 3.63) is 0 Å². The number of hydrogen-bond acceptors (Lipinski definition) is 1. The van der Waals surface area contributed by atoms with E-state index in [1.807, 2.05) is 6.92 Å². The van der Waals surface area contributed by atoms with Crippen molar-refractivity contribution in [2.75, 3.05) is 0 Å². The number of aliphatic hydroxyl groups is 1. The number of unbranched alkanes of at least 4 members (excludes halogenated alkanes) is 3. The number of rotatable bonds is 5. The maximum Gasteiger partial charge on any atom is 0.0512 e. The van der Waals surface area contributed by atoms with Gasteiger partial charge in [0.15, 0.2) is 0 Å². The van der Waals surface area contributed by atoms with Crippen LogP contribution in [-0.2, 0) is 18.6 Å². The van der Waals surface area contributed by atoms with Crippen LogP contribution in [0.4, 0.5) is 0 Å². The smallest absolute Gasteiger partial charge is 0.0512 e. The maximum absolute atomic E-state index is 8.85. The molecule has 0 rings (SSSR count). The van der Waals surface area contributed by atoms with Gasteiger partial charge in [0.1, 0.15) is 0 Å². The summed E-state index contributed by atoms with van der Waals surface area (Å²) in [5.74, 6) is 0. The largest absolute Gasteiger partial charge is 0.393 e. The molecule has 1 N–H and O–H groups in total. The van der Waals surface area contributed by atoms with Gasteiger partial charge in [0.05, 0.1) is 6.10 Å². The fraction of sp³-hybridized carbons (Fsp3) is 1.00. The van der Waals surface area contributed by atoms with E-state index in [1.165, 1.54) is 25.7 Å². The average molecular weight is 181 g/mol. The van der Waals surface area contributed by atoms with Crippen LogP contribution in [0.3, 0.4) is 0 Å². The van der Waals surface area contributed by atoms with Crippen molar-refractivity contribution < 1.29 is 23.7 Å². The number of hydrogen-bond donors (Lipinski definition) is 1. The Labute approximate surface area is 76.1 Å². The van der Waals surface area contributed by atoms with E-state index >= 15 is 0 Å². The van der Waals surface area contributed by atoms with E-state index in [1.54, 1.807) is 0 Å². The van der Waals surface area contributed by atoms with E-state index in [-0.39, 0.29) is 24.7 Å². The van der Waals surface area contributed by atoms with Gasteiger partial charge in [-0.1, -0.05) is 32.6 Å². The summed E-state index contributed by atoms with van der Waals surface area (Å²) >= 11 is 0. The third kappa shape index (κ3) is 11.4. The fourth-order valence-corrected chi connectivity index (χ4v) is 0.867. The minimum absolute atomic E-state index is 0. The molecule has 61 valence electrons. The van der Waals surface area contributed by atoms with Gasteiger partial charge in [0, 0.05) is 18.6 Å². The quantitative estimate of drug-likeness (QED) is 0.645. The zero-order chi connectivity index (χ0) is 7.11. The average Bonchev–Trinajstić information content (AvgIpc) is 1.80. The van der Waals surface area contributed by atoms with Crippen LogP contribution >= 0.6 is 0 Å². The van der Waals surface area contributed by atoms with Crippen LogP contribution in [0.25, 0.3) is 0 Å². The molecule has 10 heavy (non-hydrogen) atoms. The van der Waals surface area contributed by atoms with Gasteiger partial charge >= 0.3 is 0 Å². The molecule has 0 amide bonds. The monoisotopic (exact) mass is 181 g/mol. The second-order valence-corrected chi connectivity index (χ2v) is 2.70. The molecule has 0 saturated heterocycles. The molecule has 1 radical (unpaired) electrons. The van der Waals surface area contributed by atoms with Crippen LogP contribution < -0.4 is 0 Å². The summed E-state index contributed by atoms with van der Waals surface area (Å²) in [7, 11) is 0. The Bertz CT molecular complexity index is 55.2. The molecule has 0 aliphatic heterocycles. The topological polar surface area (TPSA) is 20.2 Å². The van der Waals surface area contributed by atoms with Crippen LogP contribution in [0.15, 0.2) is 0 Å². The van der Waals surface area contributed by atoms with Gasteiger partial charge in [-0.15, -0.1) is 0 Å². The molecule has 0 aromatic heterocycles. The summed E-state index contributed by atoms with van der Waals surface area (Å²) in [5, 5.41) is 8.85. The Balaban J connectivity index is 0. The van der Waals surface area contributed by atoms with Crippen molar-refractivity contribution >= 4 is 0 Å². The van der Waals surface area contributed by atoms with Crippen LogP contribution in [0.5, 0.6) is 0 Å². The van der Waals surface area contributed by atoms with Crippen LogP contribution in [0.2, 0.25) is 0 Å². The molecule has 0 bridgehead atoms. The summed E-state index contributed by atoms with van der Waals surface area (Å²) < 4.78 is 0. The molecule has 1 nitrogen and oxygen atoms in total. The molecule has 0 aliphatic carbocycles. The van der Waals surface area contributed by atoms with E-state index in [0.717, 1.165) is 6.42 Å². The Morgan fingerprint density at radius 1 is 1.20 bits per heavy atom. The molecular formula is C8H18OV. The van der Waals surface area contributed by atoms with Gasteiger partial charge in [-0.2, -0.15) is 0 Å². The van der Waals surface area contributed by atoms with Crippen LogP contribution in [0, 0.1) is 0 Å². The Hall–Kier alpha value is 0.544. The molecule has 0 fully saturated rings. The van der Waals surface area contributed by atoms with Gasteiger partial charge < -0.3 is 5.11 Å². The third-order valence-corrected chi connectivity index (χ3v) is 1.48. The van der Waals surface area contributed by atoms with Gasteiger partial charge in [-0.3, -0.25) is 0 Å². The fourth-order valence-electron chi connectivity index (χ4n) is 0.867.